The molecule has 1 amide bonds. The summed E-state index contributed by atoms with van der Waals surface area (Å²) in [6.07, 6.45) is 3.55. The molecule has 0 aromatic carbocycles. The van der Waals surface area contributed by atoms with Crippen LogP contribution in [0.25, 0.3) is 0 Å². The van der Waals surface area contributed by atoms with Gasteiger partial charge in [-0.3, -0.25) is 4.79 Å². The van der Waals surface area contributed by atoms with Gasteiger partial charge in [0.05, 0.1) is 25.2 Å². The summed E-state index contributed by atoms with van der Waals surface area (Å²) >= 11 is 0. The molecule has 0 saturated carbocycles. The number of carbonyl (C=O) groups is 1. The van der Waals surface area contributed by atoms with Crippen LogP contribution in [0.15, 0.2) is 0 Å². The monoisotopic (exact) mass is 268 g/mol. The lowest BCUT2D eigenvalue weighted by molar-refractivity contribution is -2.00. The van der Waals surface area contributed by atoms with E-state index < -0.39 is 10.2 Å². The Morgan fingerprint density at radius 2 is 1.47 bits per heavy atom. The molecule has 0 aliphatic carbocycles. The normalized spacial score (nSPS) is 31.5. The molecular weight excluding hydrogens is 252 g/mol. The number of rotatable bonds is 1. The average Bonchev–Trinajstić information content (AvgIpc) is 2.15. The number of hydrogen-bond acceptors (Lipinski definition) is 5. The molecule has 3 fully saturated rings. The Morgan fingerprint density at radius 1 is 1.12 bits per heavy atom. The first kappa shape index (κ1) is 14.6. The molecule has 7 nitrogen and oxygen atoms in total. The second-order valence-electron chi connectivity index (χ2n) is 4.59. The Kier molecular flexibility index (Phi) is 4.70. The second-order valence-corrected chi connectivity index (χ2v) is 5.35. The Hall–Kier alpha value is -0.440. The standard InChI is InChI=1S/C9H16N2O.ClHO4/c1-8(12)10-9-2-5-11(6-3-9)7-4-9;2-1(3,4)5/h2-7H2,1H3,(H,10,12);(H,2,3,4,5). The van der Waals surface area contributed by atoms with Gasteiger partial charge in [0.2, 0.25) is 5.91 Å². The minimum absolute atomic E-state index is 0.139. The summed E-state index contributed by atoms with van der Waals surface area (Å²) in [7, 11) is -4.94. The van der Waals surface area contributed by atoms with Gasteiger partial charge in [-0.25, -0.2) is 18.6 Å². The molecule has 17 heavy (non-hydrogen) atoms. The zero-order chi connectivity index (χ0) is 13.1. The van der Waals surface area contributed by atoms with Gasteiger partial charge in [-0.15, -0.1) is 10.2 Å². The summed E-state index contributed by atoms with van der Waals surface area (Å²) in [5.41, 5.74) is 0.188. The van der Waals surface area contributed by atoms with Gasteiger partial charge in [0.25, 0.3) is 0 Å². The first-order valence-corrected chi connectivity index (χ1v) is 6.68. The van der Waals surface area contributed by atoms with Crippen LogP contribution in [0.5, 0.6) is 0 Å². The smallest absolute Gasteiger partial charge is 0.217 e. The van der Waals surface area contributed by atoms with Crippen LogP contribution in [-0.4, -0.2) is 31.1 Å². The fourth-order valence-corrected chi connectivity index (χ4v) is 2.56. The van der Waals surface area contributed by atoms with Gasteiger partial charge in [-0.1, -0.05) is 0 Å². The van der Waals surface area contributed by atoms with Gasteiger partial charge in [0, 0.05) is 26.2 Å². The van der Waals surface area contributed by atoms with E-state index in [1.165, 1.54) is 38.9 Å². The molecule has 8 heteroatoms. The van der Waals surface area contributed by atoms with E-state index in [1.54, 1.807) is 11.8 Å². The summed E-state index contributed by atoms with van der Waals surface area (Å²) in [6, 6.07) is 0. The molecule has 3 saturated heterocycles. The van der Waals surface area contributed by atoms with Crippen molar-refractivity contribution in [1.29, 1.82) is 0 Å². The Balaban J connectivity index is 0.000000249. The van der Waals surface area contributed by atoms with Crippen molar-refractivity contribution in [3.63, 3.8) is 0 Å². The van der Waals surface area contributed by atoms with Crippen molar-refractivity contribution in [1.82, 2.24) is 5.32 Å². The Morgan fingerprint density at radius 3 is 1.76 bits per heavy atom. The van der Waals surface area contributed by atoms with E-state index in [9.17, 15) is 4.79 Å². The molecule has 0 radical (unpaired) electrons. The molecule has 3 aliphatic rings. The quantitative estimate of drug-likeness (QED) is 0.490. The van der Waals surface area contributed by atoms with Crippen LogP contribution in [0, 0.1) is 10.2 Å². The van der Waals surface area contributed by atoms with Crippen LogP contribution < -0.4 is 28.9 Å². The van der Waals surface area contributed by atoms with E-state index in [-0.39, 0.29) is 11.4 Å². The lowest BCUT2D eigenvalue weighted by Gasteiger charge is -2.45. The summed E-state index contributed by atoms with van der Waals surface area (Å²) in [5.74, 6) is 0.139. The number of fused-ring (bicyclic) bond motifs is 3. The van der Waals surface area contributed by atoms with E-state index in [0.29, 0.717) is 0 Å². The molecule has 0 aromatic heterocycles. The largest absolute Gasteiger partial charge is 0.350 e. The number of quaternary nitrogens is 1. The molecule has 0 aromatic rings. The highest BCUT2D eigenvalue weighted by Gasteiger charge is 2.42. The van der Waals surface area contributed by atoms with Crippen LogP contribution >= 0.6 is 0 Å². The molecule has 3 aliphatic heterocycles. The summed E-state index contributed by atoms with van der Waals surface area (Å²) in [4.78, 5) is 12.7. The van der Waals surface area contributed by atoms with Crippen LogP contribution in [0.4, 0.5) is 0 Å². The lowest BCUT2D eigenvalue weighted by Crippen LogP contribution is -3.16. The SMILES string of the molecule is CC(=O)NC12CC[NH+](CC1)CC2.[O-][Cl+3]([O-])([O-])[O-]. The van der Waals surface area contributed by atoms with Crippen molar-refractivity contribution in [3.05, 3.63) is 0 Å². The van der Waals surface area contributed by atoms with E-state index in [2.05, 4.69) is 5.32 Å². The first-order valence-electron chi connectivity index (χ1n) is 5.44. The maximum atomic E-state index is 11.0. The number of hydrogen-bond donors (Lipinski definition) is 2. The fraction of sp³-hybridized carbons (Fsp3) is 0.889. The van der Waals surface area contributed by atoms with Gasteiger partial charge in [-0.2, -0.15) is 0 Å². The van der Waals surface area contributed by atoms with Crippen molar-refractivity contribution in [2.75, 3.05) is 19.6 Å². The first-order chi connectivity index (χ1) is 7.70. The number of piperidine rings is 3. The molecule has 3 rings (SSSR count). The molecule has 0 unspecified atom stereocenters. The zero-order valence-corrected chi connectivity index (χ0v) is 10.4. The molecule has 0 spiro atoms. The molecular formula is C9H17ClN2O5. The summed E-state index contributed by atoms with van der Waals surface area (Å²) in [6.45, 7) is 5.38. The molecule has 100 valence electrons. The van der Waals surface area contributed by atoms with Gasteiger partial charge in [0.1, 0.15) is 0 Å². The van der Waals surface area contributed by atoms with Crippen molar-refractivity contribution in [3.8, 4) is 0 Å². The van der Waals surface area contributed by atoms with Crippen molar-refractivity contribution >= 4 is 5.91 Å². The Bertz CT molecular complexity index is 253. The number of carbonyl (C=O) groups excluding carboxylic acids is 1. The van der Waals surface area contributed by atoms with Gasteiger partial charge < -0.3 is 10.2 Å². The van der Waals surface area contributed by atoms with Crippen LogP contribution in [0.2, 0.25) is 0 Å². The molecule has 0 atom stereocenters. The van der Waals surface area contributed by atoms with Crippen molar-refractivity contribution in [2.24, 2.45) is 0 Å². The van der Waals surface area contributed by atoms with Crippen molar-refractivity contribution < 1.29 is 38.6 Å². The van der Waals surface area contributed by atoms with Crippen LogP contribution in [-0.2, 0) is 4.79 Å². The molecule has 2 N–H and O–H groups in total. The average molecular weight is 269 g/mol. The van der Waals surface area contributed by atoms with E-state index in [4.69, 9.17) is 18.6 Å². The van der Waals surface area contributed by atoms with E-state index in [1.807, 2.05) is 0 Å². The number of nitrogens with one attached hydrogen (secondary N) is 2. The minimum atomic E-state index is -4.94. The van der Waals surface area contributed by atoms with Crippen molar-refractivity contribution in [2.45, 2.75) is 31.7 Å². The minimum Gasteiger partial charge on any atom is -0.350 e. The second kappa shape index (κ2) is 5.47. The van der Waals surface area contributed by atoms with Gasteiger partial charge >= 0.3 is 0 Å². The Labute approximate surface area is 102 Å². The predicted molar refractivity (Wildman–Crippen MR) is 46.0 cm³/mol. The summed E-state index contributed by atoms with van der Waals surface area (Å²) in [5, 5.41) is 3.13. The summed E-state index contributed by atoms with van der Waals surface area (Å²) < 4.78 is 34.0. The van der Waals surface area contributed by atoms with Gasteiger partial charge in [-0.05, 0) is 0 Å². The maximum absolute atomic E-state index is 11.0. The number of halogens is 1. The van der Waals surface area contributed by atoms with E-state index in [0.717, 1.165) is 0 Å². The van der Waals surface area contributed by atoms with E-state index >= 15 is 0 Å². The molecule has 3 heterocycles. The third kappa shape index (κ3) is 5.62. The number of amides is 1. The highest BCUT2D eigenvalue weighted by atomic mass is 35.7. The lowest BCUT2D eigenvalue weighted by atomic mass is 9.80. The molecule has 2 bridgehead atoms. The van der Waals surface area contributed by atoms with Crippen LogP contribution in [0.3, 0.4) is 0 Å². The predicted octanol–water partition coefficient (Wildman–Crippen LogP) is -5.81. The van der Waals surface area contributed by atoms with Gasteiger partial charge in [0.15, 0.2) is 0 Å². The third-order valence-corrected chi connectivity index (χ3v) is 3.31. The topological polar surface area (TPSA) is 126 Å². The third-order valence-electron chi connectivity index (χ3n) is 3.31. The zero-order valence-electron chi connectivity index (χ0n) is 9.66. The fourth-order valence-electron chi connectivity index (χ4n) is 2.56. The highest BCUT2D eigenvalue weighted by Crippen LogP contribution is 2.23. The van der Waals surface area contributed by atoms with Crippen LogP contribution in [0.1, 0.15) is 26.2 Å². The maximum Gasteiger partial charge on any atom is 0.217 e. The highest BCUT2D eigenvalue weighted by molar-refractivity contribution is 5.73.